The number of ether oxygens (including phenoxy) is 1. The predicted molar refractivity (Wildman–Crippen MR) is 78.9 cm³/mol. The van der Waals surface area contributed by atoms with E-state index in [0.29, 0.717) is 0 Å². The number of hydrogen-bond acceptors (Lipinski definition) is 3. The highest BCUT2D eigenvalue weighted by atomic mass is 35.5. The van der Waals surface area contributed by atoms with E-state index in [2.05, 4.69) is 0 Å². The number of rotatable bonds is 4. The Morgan fingerprint density at radius 2 is 1.95 bits per heavy atom. The number of carboxylic acids is 1. The van der Waals surface area contributed by atoms with Crippen molar-refractivity contribution in [2.45, 2.75) is 32.3 Å². The third-order valence-electron chi connectivity index (χ3n) is 3.51. The van der Waals surface area contributed by atoms with Crippen molar-refractivity contribution in [2.24, 2.45) is 0 Å². The largest absolute Gasteiger partial charge is 0.480 e. The highest BCUT2D eigenvalue weighted by Crippen LogP contribution is 2.27. The molecular formula is C15H18ClNO4. The second kappa shape index (κ2) is 6.80. The first-order valence-electron chi connectivity index (χ1n) is 6.98. The van der Waals surface area contributed by atoms with Gasteiger partial charge >= 0.3 is 5.97 Å². The number of halogens is 1. The summed E-state index contributed by atoms with van der Waals surface area (Å²) in [5, 5.41) is 9.28. The first-order valence-corrected chi connectivity index (χ1v) is 7.35. The number of hydrogen-bond donors (Lipinski definition) is 1. The quantitative estimate of drug-likeness (QED) is 0.928. The minimum atomic E-state index is -1.17. The van der Waals surface area contributed by atoms with Crippen LogP contribution in [0.4, 0.5) is 0 Å². The monoisotopic (exact) mass is 311 g/mol. The maximum atomic E-state index is 12.3. The molecule has 1 N–H and O–H groups in total. The maximum Gasteiger partial charge on any atom is 0.341 e. The number of likely N-dealkylation sites (tertiary alicyclic amines) is 1. The molecule has 1 atom stereocenters. The number of piperidine rings is 1. The molecule has 1 aliphatic rings. The van der Waals surface area contributed by atoms with Crippen molar-refractivity contribution >= 4 is 23.5 Å². The highest BCUT2D eigenvalue weighted by molar-refractivity contribution is 6.33. The van der Waals surface area contributed by atoms with Crippen molar-refractivity contribution in [1.29, 1.82) is 0 Å². The van der Waals surface area contributed by atoms with E-state index in [1.54, 1.807) is 17.9 Å². The smallest absolute Gasteiger partial charge is 0.341 e. The van der Waals surface area contributed by atoms with Crippen LogP contribution in [0.3, 0.4) is 0 Å². The highest BCUT2D eigenvalue weighted by Gasteiger charge is 2.25. The summed E-state index contributed by atoms with van der Waals surface area (Å²) >= 11 is 5.88. The molecule has 1 heterocycles. The molecule has 1 fully saturated rings. The van der Waals surface area contributed by atoms with E-state index in [1.165, 1.54) is 12.1 Å². The van der Waals surface area contributed by atoms with Gasteiger partial charge in [-0.3, -0.25) is 4.79 Å². The first kappa shape index (κ1) is 15.6. The maximum absolute atomic E-state index is 12.3. The standard InChI is InChI=1S/C15H18ClNO4/c1-10(14(18)17-8-3-2-4-9-17)21-12-7-5-6-11(16)13(12)15(19)20/h5-7,10H,2-4,8-9H2,1H3,(H,19,20). The summed E-state index contributed by atoms with van der Waals surface area (Å²) < 4.78 is 5.55. The van der Waals surface area contributed by atoms with Gasteiger partial charge < -0.3 is 14.7 Å². The van der Waals surface area contributed by atoms with Crippen molar-refractivity contribution < 1.29 is 19.4 Å². The lowest BCUT2D eigenvalue weighted by Gasteiger charge is -2.29. The Hall–Kier alpha value is -1.75. The van der Waals surface area contributed by atoms with Gasteiger partial charge in [0.15, 0.2) is 6.10 Å². The Balaban J connectivity index is 2.12. The number of carbonyl (C=O) groups excluding carboxylic acids is 1. The second-order valence-corrected chi connectivity index (χ2v) is 5.47. The lowest BCUT2D eigenvalue weighted by atomic mass is 10.1. The van der Waals surface area contributed by atoms with Crippen LogP contribution in [0.5, 0.6) is 5.75 Å². The van der Waals surface area contributed by atoms with Crippen LogP contribution in [-0.4, -0.2) is 41.1 Å². The van der Waals surface area contributed by atoms with Crippen LogP contribution in [0.25, 0.3) is 0 Å². The van der Waals surface area contributed by atoms with Crippen LogP contribution < -0.4 is 4.74 Å². The fraction of sp³-hybridized carbons (Fsp3) is 0.467. The van der Waals surface area contributed by atoms with Gasteiger partial charge in [0.1, 0.15) is 11.3 Å². The van der Waals surface area contributed by atoms with Gasteiger partial charge in [-0.2, -0.15) is 0 Å². The van der Waals surface area contributed by atoms with E-state index in [1.807, 2.05) is 0 Å². The van der Waals surface area contributed by atoms with E-state index in [9.17, 15) is 14.7 Å². The molecule has 1 aromatic carbocycles. The molecule has 5 nitrogen and oxygen atoms in total. The van der Waals surface area contributed by atoms with E-state index >= 15 is 0 Å². The fourth-order valence-corrected chi connectivity index (χ4v) is 2.67. The van der Waals surface area contributed by atoms with Crippen LogP contribution >= 0.6 is 11.6 Å². The topological polar surface area (TPSA) is 66.8 Å². The van der Waals surface area contributed by atoms with E-state index < -0.39 is 12.1 Å². The molecule has 2 rings (SSSR count). The number of carboxylic acid groups (broad SMARTS) is 1. The molecule has 0 aromatic heterocycles. The van der Waals surface area contributed by atoms with Gasteiger partial charge in [-0.1, -0.05) is 17.7 Å². The van der Waals surface area contributed by atoms with Crippen LogP contribution in [0.1, 0.15) is 36.5 Å². The van der Waals surface area contributed by atoms with E-state index in [-0.39, 0.29) is 22.2 Å². The van der Waals surface area contributed by atoms with Gasteiger partial charge in [0, 0.05) is 13.1 Å². The Bertz CT molecular complexity index is 540. The first-order chi connectivity index (χ1) is 10.0. The molecule has 6 heteroatoms. The molecule has 1 amide bonds. The lowest BCUT2D eigenvalue weighted by molar-refractivity contribution is -0.138. The number of nitrogens with zero attached hydrogens (tertiary/aromatic N) is 1. The summed E-state index contributed by atoms with van der Waals surface area (Å²) in [5.74, 6) is -1.17. The second-order valence-electron chi connectivity index (χ2n) is 5.06. The number of amides is 1. The zero-order valence-electron chi connectivity index (χ0n) is 11.8. The molecule has 1 unspecified atom stereocenters. The molecule has 0 aliphatic carbocycles. The molecule has 0 radical (unpaired) electrons. The van der Waals surface area contributed by atoms with Crippen LogP contribution in [0.15, 0.2) is 18.2 Å². The van der Waals surface area contributed by atoms with Gasteiger partial charge in [-0.25, -0.2) is 4.79 Å². The third kappa shape index (κ3) is 3.67. The molecule has 114 valence electrons. The lowest BCUT2D eigenvalue weighted by Crippen LogP contribution is -2.43. The number of carbonyl (C=O) groups is 2. The van der Waals surface area contributed by atoms with Crippen molar-refractivity contribution in [3.63, 3.8) is 0 Å². The molecule has 21 heavy (non-hydrogen) atoms. The van der Waals surface area contributed by atoms with Gasteiger partial charge in [0.05, 0.1) is 5.02 Å². The summed E-state index contributed by atoms with van der Waals surface area (Å²) in [7, 11) is 0. The summed E-state index contributed by atoms with van der Waals surface area (Å²) in [4.78, 5) is 25.3. The Morgan fingerprint density at radius 1 is 1.29 bits per heavy atom. The summed E-state index contributed by atoms with van der Waals surface area (Å²) in [6.45, 7) is 3.09. The van der Waals surface area contributed by atoms with Gasteiger partial charge in [-0.15, -0.1) is 0 Å². The van der Waals surface area contributed by atoms with E-state index in [4.69, 9.17) is 16.3 Å². The normalized spacial score (nSPS) is 16.4. The Morgan fingerprint density at radius 3 is 2.57 bits per heavy atom. The molecule has 1 aliphatic heterocycles. The summed E-state index contributed by atoms with van der Waals surface area (Å²) in [6.07, 6.45) is 2.39. The number of benzene rings is 1. The molecule has 0 bridgehead atoms. The van der Waals surface area contributed by atoms with Crippen molar-refractivity contribution in [3.8, 4) is 5.75 Å². The fourth-order valence-electron chi connectivity index (χ4n) is 2.42. The molecule has 0 spiro atoms. The van der Waals surface area contributed by atoms with Crippen molar-refractivity contribution in [1.82, 2.24) is 4.90 Å². The molecule has 1 saturated heterocycles. The Labute approximate surface area is 128 Å². The zero-order valence-corrected chi connectivity index (χ0v) is 12.6. The van der Waals surface area contributed by atoms with Crippen LogP contribution in [0, 0.1) is 0 Å². The Kier molecular flexibility index (Phi) is 5.07. The summed E-state index contributed by atoms with van der Waals surface area (Å²) in [5.41, 5.74) is -0.113. The molecule has 0 saturated carbocycles. The average Bonchev–Trinajstić information content (AvgIpc) is 2.47. The van der Waals surface area contributed by atoms with Gasteiger partial charge in [0.25, 0.3) is 5.91 Å². The average molecular weight is 312 g/mol. The van der Waals surface area contributed by atoms with Crippen molar-refractivity contribution in [3.05, 3.63) is 28.8 Å². The summed E-state index contributed by atoms with van der Waals surface area (Å²) in [6, 6.07) is 4.59. The minimum absolute atomic E-state index is 0.0950. The SMILES string of the molecule is CC(Oc1cccc(Cl)c1C(=O)O)C(=O)N1CCCCC1. The van der Waals surface area contributed by atoms with Crippen molar-refractivity contribution in [2.75, 3.05) is 13.1 Å². The van der Waals surface area contributed by atoms with E-state index in [0.717, 1.165) is 32.4 Å². The zero-order chi connectivity index (χ0) is 15.4. The van der Waals surface area contributed by atoms with Crippen LogP contribution in [-0.2, 0) is 4.79 Å². The molecule has 1 aromatic rings. The van der Waals surface area contributed by atoms with Gasteiger partial charge in [0.2, 0.25) is 0 Å². The minimum Gasteiger partial charge on any atom is -0.480 e. The third-order valence-corrected chi connectivity index (χ3v) is 3.82. The predicted octanol–water partition coefficient (Wildman–Crippen LogP) is 2.82. The molecular weight excluding hydrogens is 294 g/mol. The number of aromatic carboxylic acids is 1. The van der Waals surface area contributed by atoms with Gasteiger partial charge in [-0.05, 0) is 38.3 Å². The van der Waals surface area contributed by atoms with Crippen LogP contribution in [0.2, 0.25) is 5.02 Å².